The summed E-state index contributed by atoms with van der Waals surface area (Å²) in [6.07, 6.45) is 1.46. The Morgan fingerprint density at radius 1 is 1.21 bits per heavy atom. The third-order valence-corrected chi connectivity index (χ3v) is 7.63. The molecule has 1 aliphatic carbocycles. The second-order valence-corrected chi connectivity index (χ2v) is 9.15. The van der Waals surface area contributed by atoms with E-state index in [2.05, 4.69) is 4.98 Å². The smallest absolute Gasteiger partial charge is 0.324 e. The third kappa shape index (κ3) is 3.09. The van der Waals surface area contributed by atoms with Crippen LogP contribution in [0.25, 0.3) is 10.9 Å². The number of carbonyl (C=O) groups excluding carboxylic acids is 1. The van der Waals surface area contributed by atoms with E-state index in [4.69, 9.17) is 4.74 Å². The SMILES string of the molecule is COC(=O)C(C1CCc2c([nH]c3ccc(F)cc23)C1)S(=O)(=O)c1ccccc1. The van der Waals surface area contributed by atoms with Crippen LogP contribution in [0.3, 0.4) is 0 Å². The van der Waals surface area contributed by atoms with Crippen molar-refractivity contribution in [3.05, 3.63) is 65.6 Å². The minimum Gasteiger partial charge on any atom is -0.468 e. The van der Waals surface area contributed by atoms with E-state index < -0.39 is 27.0 Å². The van der Waals surface area contributed by atoms with Crippen LogP contribution in [0, 0.1) is 11.7 Å². The van der Waals surface area contributed by atoms with Crippen LogP contribution in [0.2, 0.25) is 0 Å². The van der Waals surface area contributed by atoms with Gasteiger partial charge in [0.05, 0.1) is 12.0 Å². The van der Waals surface area contributed by atoms with Gasteiger partial charge in [0.15, 0.2) is 15.1 Å². The highest BCUT2D eigenvalue weighted by Gasteiger charge is 2.43. The molecule has 146 valence electrons. The first-order valence-electron chi connectivity index (χ1n) is 9.07. The third-order valence-electron chi connectivity index (χ3n) is 5.46. The van der Waals surface area contributed by atoms with E-state index in [1.165, 1.54) is 31.4 Å². The van der Waals surface area contributed by atoms with Crippen molar-refractivity contribution in [3.63, 3.8) is 0 Å². The number of fused-ring (bicyclic) bond motifs is 3. The number of rotatable bonds is 4. The van der Waals surface area contributed by atoms with Gasteiger partial charge in [-0.15, -0.1) is 0 Å². The Labute approximate surface area is 162 Å². The highest BCUT2D eigenvalue weighted by Crippen LogP contribution is 2.36. The highest BCUT2D eigenvalue weighted by atomic mass is 32.2. The fraction of sp³-hybridized carbons (Fsp3) is 0.286. The van der Waals surface area contributed by atoms with Gasteiger partial charge in [0.25, 0.3) is 0 Å². The lowest BCUT2D eigenvalue weighted by molar-refractivity contribution is -0.141. The van der Waals surface area contributed by atoms with E-state index in [9.17, 15) is 17.6 Å². The molecule has 0 radical (unpaired) electrons. The van der Waals surface area contributed by atoms with E-state index in [0.717, 1.165) is 22.2 Å². The number of ether oxygens (including phenoxy) is 1. The lowest BCUT2D eigenvalue weighted by Crippen LogP contribution is -2.40. The molecule has 0 spiro atoms. The summed E-state index contributed by atoms with van der Waals surface area (Å²) in [5.74, 6) is -1.49. The zero-order chi connectivity index (χ0) is 19.9. The van der Waals surface area contributed by atoms with Crippen LogP contribution in [-0.4, -0.2) is 31.7 Å². The Kier molecular flexibility index (Phi) is 4.71. The molecule has 2 atom stereocenters. The summed E-state index contributed by atoms with van der Waals surface area (Å²) in [7, 11) is -2.70. The predicted octanol–water partition coefficient (Wildman–Crippen LogP) is 3.43. The van der Waals surface area contributed by atoms with E-state index >= 15 is 0 Å². The first-order chi connectivity index (χ1) is 13.4. The second kappa shape index (κ2) is 7.05. The summed E-state index contributed by atoms with van der Waals surface area (Å²) in [5, 5.41) is -0.467. The van der Waals surface area contributed by atoms with Gasteiger partial charge in [0, 0.05) is 16.6 Å². The molecule has 3 aromatic rings. The summed E-state index contributed by atoms with van der Waals surface area (Å²) >= 11 is 0. The topological polar surface area (TPSA) is 76.2 Å². The fourth-order valence-electron chi connectivity index (χ4n) is 4.13. The number of aromatic amines is 1. The van der Waals surface area contributed by atoms with E-state index in [1.807, 2.05) is 0 Å². The fourth-order valence-corrected chi connectivity index (χ4v) is 6.05. The van der Waals surface area contributed by atoms with Crippen LogP contribution in [-0.2, 0) is 32.2 Å². The number of H-pyrrole nitrogens is 1. The summed E-state index contributed by atoms with van der Waals surface area (Å²) < 4.78 is 44.9. The quantitative estimate of drug-likeness (QED) is 0.680. The van der Waals surface area contributed by atoms with Gasteiger partial charge in [0.1, 0.15) is 5.82 Å². The maximum atomic E-state index is 13.6. The van der Waals surface area contributed by atoms with Gasteiger partial charge < -0.3 is 9.72 Å². The van der Waals surface area contributed by atoms with Gasteiger partial charge in [-0.3, -0.25) is 4.79 Å². The molecule has 28 heavy (non-hydrogen) atoms. The zero-order valence-corrected chi connectivity index (χ0v) is 16.1. The maximum absolute atomic E-state index is 13.6. The van der Waals surface area contributed by atoms with Crippen LogP contribution in [0.4, 0.5) is 4.39 Å². The normalized spacial score (nSPS) is 17.9. The first kappa shape index (κ1) is 18.7. The molecule has 1 N–H and O–H groups in total. The molecular weight excluding hydrogens is 381 g/mol. The molecule has 1 heterocycles. The molecule has 7 heteroatoms. The van der Waals surface area contributed by atoms with Gasteiger partial charge in [-0.25, -0.2) is 12.8 Å². The minimum atomic E-state index is -3.90. The summed E-state index contributed by atoms with van der Waals surface area (Å²) in [5.41, 5.74) is 2.66. The molecule has 5 nitrogen and oxygen atoms in total. The standard InChI is InChI=1S/C21H20FNO4S/c1-27-21(24)20(28(25,26)15-5-3-2-4-6-15)13-7-9-16-17-12-14(22)8-10-18(17)23-19(16)11-13/h2-6,8,10,12-13,20,23H,7,9,11H2,1H3. The molecular formula is C21H20FNO4S. The van der Waals surface area contributed by atoms with Crippen molar-refractivity contribution in [1.29, 1.82) is 0 Å². The summed E-state index contributed by atoms with van der Waals surface area (Å²) in [6, 6.07) is 12.5. The number of methoxy groups -OCH3 is 1. The Morgan fingerprint density at radius 2 is 1.96 bits per heavy atom. The van der Waals surface area contributed by atoms with Gasteiger partial charge >= 0.3 is 5.97 Å². The lowest BCUT2D eigenvalue weighted by Gasteiger charge is -2.28. The number of aromatic nitrogens is 1. The molecule has 0 fully saturated rings. The average molecular weight is 401 g/mol. The molecule has 2 unspecified atom stereocenters. The number of halogens is 1. The number of sulfone groups is 1. The molecule has 1 aliphatic rings. The van der Waals surface area contributed by atoms with Gasteiger partial charge in [-0.1, -0.05) is 18.2 Å². The Morgan fingerprint density at radius 3 is 2.68 bits per heavy atom. The molecule has 1 aromatic heterocycles. The van der Waals surface area contributed by atoms with E-state index in [-0.39, 0.29) is 10.7 Å². The van der Waals surface area contributed by atoms with Crippen LogP contribution in [0.5, 0.6) is 0 Å². The monoisotopic (exact) mass is 401 g/mol. The number of hydrogen-bond donors (Lipinski definition) is 1. The lowest BCUT2D eigenvalue weighted by atomic mass is 9.84. The van der Waals surface area contributed by atoms with Crippen molar-refractivity contribution < 1.29 is 22.3 Å². The molecule has 0 saturated carbocycles. The first-order valence-corrected chi connectivity index (χ1v) is 10.6. The van der Waals surface area contributed by atoms with Crippen LogP contribution in [0.15, 0.2) is 53.4 Å². The van der Waals surface area contributed by atoms with Crippen molar-refractivity contribution in [1.82, 2.24) is 4.98 Å². The molecule has 2 aromatic carbocycles. The van der Waals surface area contributed by atoms with Crippen molar-refractivity contribution in [2.75, 3.05) is 7.11 Å². The second-order valence-electron chi connectivity index (χ2n) is 7.08. The Balaban J connectivity index is 1.73. The van der Waals surface area contributed by atoms with Crippen molar-refractivity contribution >= 4 is 26.7 Å². The molecule has 0 bridgehead atoms. The Bertz CT molecular complexity index is 1140. The van der Waals surface area contributed by atoms with Crippen LogP contribution in [0.1, 0.15) is 17.7 Å². The van der Waals surface area contributed by atoms with Crippen LogP contribution < -0.4 is 0 Å². The maximum Gasteiger partial charge on any atom is 0.324 e. The Hall–Kier alpha value is -2.67. The average Bonchev–Trinajstić information content (AvgIpc) is 3.05. The number of carbonyl (C=O) groups is 1. The number of benzene rings is 2. The number of nitrogens with one attached hydrogen (secondary N) is 1. The van der Waals surface area contributed by atoms with Crippen molar-refractivity contribution in [2.24, 2.45) is 5.92 Å². The molecule has 0 saturated heterocycles. The van der Waals surface area contributed by atoms with Gasteiger partial charge in [0.2, 0.25) is 0 Å². The van der Waals surface area contributed by atoms with Gasteiger partial charge in [-0.05, 0) is 61.1 Å². The minimum absolute atomic E-state index is 0.106. The number of esters is 1. The molecule has 0 amide bonds. The number of aryl methyl sites for hydroxylation is 1. The van der Waals surface area contributed by atoms with E-state index in [1.54, 1.807) is 24.3 Å². The largest absolute Gasteiger partial charge is 0.468 e. The summed E-state index contributed by atoms with van der Waals surface area (Å²) in [6.45, 7) is 0. The molecule has 4 rings (SSSR count). The molecule has 0 aliphatic heterocycles. The van der Waals surface area contributed by atoms with E-state index in [0.29, 0.717) is 19.3 Å². The zero-order valence-electron chi connectivity index (χ0n) is 15.3. The predicted molar refractivity (Wildman–Crippen MR) is 103 cm³/mol. The van der Waals surface area contributed by atoms with Crippen molar-refractivity contribution in [3.8, 4) is 0 Å². The van der Waals surface area contributed by atoms with Crippen LogP contribution >= 0.6 is 0 Å². The van der Waals surface area contributed by atoms with Crippen molar-refractivity contribution in [2.45, 2.75) is 29.4 Å². The van der Waals surface area contributed by atoms with Gasteiger partial charge in [-0.2, -0.15) is 0 Å². The summed E-state index contributed by atoms with van der Waals surface area (Å²) in [4.78, 5) is 15.9. The highest BCUT2D eigenvalue weighted by molar-refractivity contribution is 7.92. The number of hydrogen-bond acceptors (Lipinski definition) is 4.